The fraction of sp³-hybridized carbons (Fsp3) is 0. The van der Waals surface area contributed by atoms with E-state index in [4.69, 9.17) is 11.6 Å². The number of nitrogens with one attached hydrogen (secondary N) is 1. The lowest BCUT2D eigenvalue weighted by molar-refractivity contribution is 0.102. The van der Waals surface area contributed by atoms with Crippen molar-refractivity contribution < 1.29 is 9.18 Å². The van der Waals surface area contributed by atoms with Crippen LogP contribution in [0, 0.1) is 5.82 Å². The molecule has 1 aromatic carbocycles. The van der Waals surface area contributed by atoms with Gasteiger partial charge in [0.2, 0.25) is 0 Å². The average molecular weight is 331 g/mol. The van der Waals surface area contributed by atoms with Gasteiger partial charge in [-0.05, 0) is 46.3 Å². The third-order valence-electron chi connectivity index (χ3n) is 2.04. The van der Waals surface area contributed by atoms with Crippen LogP contribution in [0.25, 0.3) is 0 Å². The van der Waals surface area contributed by atoms with Crippen molar-refractivity contribution in [3.05, 3.63) is 51.5 Å². The highest BCUT2D eigenvalue weighted by atomic mass is 79.9. The molecule has 0 atom stereocenters. The van der Waals surface area contributed by atoms with E-state index in [-0.39, 0.29) is 10.8 Å². The molecular weight excluding hydrogens is 324 g/mol. The minimum atomic E-state index is -0.452. The van der Waals surface area contributed by atoms with Gasteiger partial charge in [-0.25, -0.2) is 4.39 Å². The molecule has 0 spiro atoms. The van der Waals surface area contributed by atoms with Crippen LogP contribution >= 0.6 is 27.5 Å². The fourth-order valence-electron chi connectivity index (χ4n) is 1.21. The van der Waals surface area contributed by atoms with Gasteiger partial charge >= 0.3 is 0 Å². The first-order valence-corrected chi connectivity index (χ1v) is 5.99. The largest absolute Gasteiger partial charge is 0.320 e. The fourth-order valence-corrected chi connectivity index (χ4v) is 1.77. The Hall–Kier alpha value is -1.53. The van der Waals surface area contributed by atoms with Crippen molar-refractivity contribution in [1.29, 1.82) is 0 Å². The summed E-state index contributed by atoms with van der Waals surface area (Å²) in [6, 6.07) is 6.85. The van der Waals surface area contributed by atoms with Gasteiger partial charge in [0.25, 0.3) is 5.91 Å². The summed E-state index contributed by atoms with van der Waals surface area (Å²) in [5, 5.41) is 9.98. The Morgan fingerprint density at radius 2 is 2.06 bits per heavy atom. The van der Waals surface area contributed by atoms with Gasteiger partial charge in [-0.1, -0.05) is 11.6 Å². The van der Waals surface area contributed by atoms with E-state index in [1.807, 2.05) is 0 Å². The number of benzene rings is 1. The molecule has 0 aliphatic carbocycles. The first-order valence-electron chi connectivity index (χ1n) is 4.82. The minimum Gasteiger partial charge on any atom is -0.320 e. The number of nitrogens with zero attached hydrogens (tertiary/aromatic N) is 2. The smallest absolute Gasteiger partial charge is 0.276 e. The van der Waals surface area contributed by atoms with Crippen LogP contribution in [-0.4, -0.2) is 16.1 Å². The van der Waals surface area contributed by atoms with Crippen LogP contribution in [0.3, 0.4) is 0 Å². The number of aromatic nitrogens is 2. The van der Waals surface area contributed by atoms with E-state index in [9.17, 15) is 9.18 Å². The number of carbonyl (C=O) groups is 1. The van der Waals surface area contributed by atoms with Crippen molar-refractivity contribution in [2.75, 3.05) is 5.32 Å². The summed E-state index contributed by atoms with van der Waals surface area (Å²) >= 11 is 8.71. The molecule has 1 aromatic heterocycles. The molecule has 1 N–H and O–H groups in total. The molecule has 7 heteroatoms. The minimum absolute atomic E-state index is 0.121. The number of carbonyl (C=O) groups excluding carboxylic acids is 1. The van der Waals surface area contributed by atoms with Gasteiger partial charge in [0.15, 0.2) is 10.8 Å². The van der Waals surface area contributed by atoms with Crippen molar-refractivity contribution >= 4 is 39.1 Å². The maximum atomic E-state index is 12.9. The van der Waals surface area contributed by atoms with Crippen molar-refractivity contribution in [3.63, 3.8) is 0 Å². The summed E-state index contributed by atoms with van der Waals surface area (Å²) < 4.78 is 13.3. The SMILES string of the molecule is O=C(Nc1ccc(F)cc1Br)c1ccc(Cl)nn1. The van der Waals surface area contributed by atoms with E-state index in [0.717, 1.165) is 0 Å². The maximum absolute atomic E-state index is 12.9. The first-order chi connectivity index (χ1) is 8.56. The zero-order chi connectivity index (χ0) is 13.1. The third kappa shape index (κ3) is 3.02. The van der Waals surface area contributed by atoms with Crippen LogP contribution in [0.4, 0.5) is 10.1 Å². The Labute approximate surface area is 115 Å². The van der Waals surface area contributed by atoms with Gasteiger partial charge in [0.05, 0.1) is 5.69 Å². The quantitative estimate of drug-likeness (QED) is 0.919. The van der Waals surface area contributed by atoms with E-state index in [2.05, 4.69) is 31.4 Å². The van der Waals surface area contributed by atoms with Crippen molar-refractivity contribution in [2.24, 2.45) is 0 Å². The monoisotopic (exact) mass is 329 g/mol. The predicted octanol–water partition coefficient (Wildman–Crippen LogP) is 3.28. The Bertz CT molecular complexity index is 591. The summed E-state index contributed by atoms with van der Waals surface area (Å²) in [6.45, 7) is 0. The molecule has 0 fully saturated rings. The van der Waals surface area contributed by atoms with Gasteiger partial charge in [-0.3, -0.25) is 4.79 Å². The lowest BCUT2D eigenvalue weighted by atomic mass is 10.3. The molecule has 18 heavy (non-hydrogen) atoms. The zero-order valence-corrected chi connectivity index (χ0v) is 11.2. The van der Waals surface area contributed by atoms with Crippen molar-refractivity contribution in [3.8, 4) is 0 Å². The molecule has 2 rings (SSSR count). The lowest BCUT2D eigenvalue weighted by Crippen LogP contribution is -2.14. The summed E-state index contributed by atoms with van der Waals surface area (Å²) in [5.74, 6) is -0.849. The number of hydrogen-bond donors (Lipinski definition) is 1. The Balaban J connectivity index is 2.18. The molecule has 2 aromatic rings. The molecule has 0 radical (unpaired) electrons. The number of rotatable bonds is 2. The number of anilines is 1. The molecule has 0 bridgehead atoms. The molecule has 0 aliphatic heterocycles. The topological polar surface area (TPSA) is 54.9 Å². The second kappa shape index (κ2) is 5.41. The second-order valence-electron chi connectivity index (χ2n) is 3.32. The summed E-state index contributed by atoms with van der Waals surface area (Å²) in [4.78, 5) is 11.8. The first kappa shape index (κ1) is 12.9. The molecule has 0 unspecified atom stereocenters. The molecule has 0 aliphatic rings. The average Bonchev–Trinajstić information content (AvgIpc) is 2.33. The summed E-state index contributed by atoms with van der Waals surface area (Å²) in [6.07, 6.45) is 0. The number of halogens is 3. The number of hydrogen-bond acceptors (Lipinski definition) is 3. The highest BCUT2D eigenvalue weighted by Gasteiger charge is 2.10. The van der Waals surface area contributed by atoms with Crippen LogP contribution in [0.15, 0.2) is 34.8 Å². The highest BCUT2D eigenvalue weighted by molar-refractivity contribution is 9.10. The van der Waals surface area contributed by atoms with Crippen LogP contribution in [-0.2, 0) is 0 Å². The maximum Gasteiger partial charge on any atom is 0.276 e. The second-order valence-corrected chi connectivity index (χ2v) is 4.56. The Kier molecular flexibility index (Phi) is 3.88. The molecule has 92 valence electrons. The molecular formula is C11H6BrClFN3O. The normalized spacial score (nSPS) is 10.2. The van der Waals surface area contributed by atoms with Gasteiger partial charge < -0.3 is 5.32 Å². The van der Waals surface area contributed by atoms with Crippen LogP contribution < -0.4 is 5.32 Å². The van der Waals surface area contributed by atoms with Crippen LogP contribution in [0.5, 0.6) is 0 Å². The van der Waals surface area contributed by atoms with Crippen LogP contribution in [0.2, 0.25) is 5.15 Å². The molecule has 0 saturated carbocycles. The molecule has 1 heterocycles. The van der Waals surface area contributed by atoms with E-state index in [1.165, 1.54) is 30.3 Å². The van der Waals surface area contributed by atoms with E-state index in [0.29, 0.717) is 10.2 Å². The number of amides is 1. The Morgan fingerprint density at radius 1 is 1.28 bits per heavy atom. The van der Waals surface area contributed by atoms with Crippen molar-refractivity contribution in [2.45, 2.75) is 0 Å². The lowest BCUT2D eigenvalue weighted by Gasteiger charge is -2.06. The van der Waals surface area contributed by atoms with Gasteiger partial charge in [0.1, 0.15) is 5.82 Å². The molecule has 4 nitrogen and oxygen atoms in total. The molecule has 0 saturated heterocycles. The molecule has 1 amide bonds. The highest BCUT2D eigenvalue weighted by Crippen LogP contribution is 2.23. The third-order valence-corrected chi connectivity index (χ3v) is 2.90. The van der Waals surface area contributed by atoms with Gasteiger partial charge in [-0.2, -0.15) is 0 Å². The van der Waals surface area contributed by atoms with E-state index >= 15 is 0 Å². The Morgan fingerprint density at radius 3 is 2.67 bits per heavy atom. The summed E-state index contributed by atoms with van der Waals surface area (Å²) in [7, 11) is 0. The predicted molar refractivity (Wildman–Crippen MR) is 69.1 cm³/mol. The van der Waals surface area contributed by atoms with Crippen LogP contribution in [0.1, 0.15) is 10.5 Å². The summed E-state index contributed by atoms with van der Waals surface area (Å²) in [5.41, 5.74) is 0.564. The van der Waals surface area contributed by atoms with E-state index < -0.39 is 11.7 Å². The zero-order valence-electron chi connectivity index (χ0n) is 8.82. The van der Waals surface area contributed by atoms with Gasteiger partial charge in [0, 0.05) is 4.47 Å². The van der Waals surface area contributed by atoms with Gasteiger partial charge in [-0.15, -0.1) is 10.2 Å². The van der Waals surface area contributed by atoms with E-state index in [1.54, 1.807) is 0 Å². The standard InChI is InChI=1S/C11H6BrClFN3O/c12-7-5-6(14)1-2-8(7)15-11(18)9-3-4-10(13)17-16-9/h1-5H,(H,15,18). The van der Waals surface area contributed by atoms with Crippen molar-refractivity contribution in [1.82, 2.24) is 10.2 Å².